The lowest BCUT2D eigenvalue weighted by Gasteiger charge is -2.37. The van der Waals surface area contributed by atoms with Crippen LogP contribution in [0.25, 0.3) is 0 Å². The van der Waals surface area contributed by atoms with Crippen LogP contribution in [-0.2, 0) is 16.0 Å². The number of hydrogen-bond acceptors (Lipinski definition) is 5. The van der Waals surface area contributed by atoms with E-state index in [0.717, 1.165) is 44.8 Å². The number of carbonyl (C=O) groups excluding carboxylic acids is 1. The number of aliphatic imine (C=N–C) groups is 1. The van der Waals surface area contributed by atoms with Crippen LogP contribution >= 0.6 is 10.7 Å². The third kappa shape index (κ3) is 6.91. The van der Waals surface area contributed by atoms with Gasteiger partial charge in [0.15, 0.2) is 0 Å². The monoisotopic (exact) mass is 443 g/mol. The first-order valence-electron chi connectivity index (χ1n) is 11.1. The molecule has 5 nitrogen and oxygen atoms in total. The minimum Gasteiger partial charge on any atom is -0.462 e. The molecule has 0 radical (unpaired) electrons. The van der Waals surface area contributed by atoms with E-state index in [-0.39, 0.29) is 16.6 Å². The highest BCUT2D eigenvalue weighted by Crippen LogP contribution is 2.31. The first kappa shape index (κ1) is 25.1. The van der Waals surface area contributed by atoms with Crippen molar-refractivity contribution in [3.63, 3.8) is 0 Å². The summed E-state index contributed by atoms with van der Waals surface area (Å²) in [5.41, 5.74) is 3.06. The molecule has 0 aliphatic carbocycles. The summed E-state index contributed by atoms with van der Waals surface area (Å²) in [4.78, 5) is 20.4. The summed E-state index contributed by atoms with van der Waals surface area (Å²) in [6.07, 6.45) is 5.36. The van der Waals surface area contributed by atoms with Gasteiger partial charge in [-0.15, -0.1) is 0 Å². The Kier molecular flexibility index (Phi) is 10.2. The fourth-order valence-corrected chi connectivity index (χ4v) is 4.71. The molecule has 1 atom stereocenters. The molecular formula is C25H37N3O2S. The summed E-state index contributed by atoms with van der Waals surface area (Å²) in [6, 6.07) is 8.84. The van der Waals surface area contributed by atoms with Crippen LogP contribution in [0.4, 0.5) is 0 Å². The average molecular weight is 444 g/mol. The molecule has 0 N–H and O–H groups in total. The molecule has 1 aliphatic heterocycles. The number of aryl methyl sites for hydroxylation is 1. The van der Waals surface area contributed by atoms with Crippen molar-refractivity contribution in [3.05, 3.63) is 52.9 Å². The van der Waals surface area contributed by atoms with Crippen LogP contribution in [0, 0.1) is 0 Å². The molecule has 1 unspecified atom stereocenters. The molecule has 0 spiro atoms. The highest BCUT2D eigenvalue weighted by atomic mass is 32.2. The fourth-order valence-electron chi connectivity index (χ4n) is 3.36. The summed E-state index contributed by atoms with van der Waals surface area (Å²) in [6.45, 7) is 14.1. The number of hydrogen-bond donors (Lipinski definition) is 0. The summed E-state index contributed by atoms with van der Waals surface area (Å²) in [5, 5.41) is 0. The molecule has 0 saturated carbocycles. The van der Waals surface area contributed by atoms with Gasteiger partial charge in [-0.25, -0.2) is 14.1 Å². The SMILES string of the molecule is C=S(c1ccc(CC)cc1)N1CCN(C(/N=C\C(=C/C)C(=O)OCC)=C(C)CC)CC1. The van der Waals surface area contributed by atoms with Crippen LogP contribution in [0.1, 0.15) is 46.6 Å². The van der Waals surface area contributed by atoms with Crippen LogP contribution in [-0.4, -0.2) is 60.0 Å². The number of benzene rings is 1. The van der Waals surface area contributed by atoms with Crippen LogP contribution in [0.15, 0.2) is 57.2 Å². The first-order valence-corrected chi connectivity index (χ1v) is 12.5. The van der Waals surface area contributed by atoms with Gasteiger partial charge in [0.05, 0.1) is 12.2 Å². The van der Waals surface area contributed by atoms with Gasteiger partial charge in [0, 0.05) is 37.3 Å². The zero-order chi connectivity index (χ0) is 22.8. The Morgan fingerprint density at radius 1 is 1.16 bits per heavy atom. The maximum absolute atomic E-state index is 12.1. The van der Waals surface area contributed by atoms with E-state index in [1.165, 1.54) is 16.0 Å². The zero-order valence-electron chi connectivity index (χ0n) is 19.7. The van der Waals surface area contributed by atoms with Gasteiger partial charge in [-0.1, -0.05) is 48.6 Å². The van der Waals surface area contributed by atoms with Crippen LogP contribution in [0.5, 0.6) is 0 Å². The van der Waals surface area contributed by atoms with E-state index >= 15 is 0 Å². The second kappa shape index (κ2) is 12.6. The zero-order valence-corrected chi connectivity index (χ0v) is 20.5. The molecular weight excluding hydrogens is 406 g/mol. The Labute approximate surface area is 190 Å². The predicted molar refractivity (Wildman–Crippen MR) is 134 cm³/mol. The lowest BCUT2D eigenvalue weighted by Crippen LogP contribution is -2.43. The summed E-state index contributed by atoms with van der Waals surface area (Å²) in [7, 11) is -0.160. The van der Waals surface area contributed by atoms with Crippen LogP contribution in [0.2, 0.25) is 0 Å². The number of rotatable bonds is 9. The molecule has 1 aliphatic rings. The standard InChI is InChI=1S/C25H37N3O2S/c1-7-20(5)24(26-19-22(9-3)25(29)30-10-4)27-15-17-28(18-16-27)31(6)23-13-11-21(8-2)12-14-23/h9,11-14,19H,6-8,10,15-18H2,1-5H3/b22-9+,24-20?,26-19-. The Balaban J connectivity index is 2.08. The van der Waals surface area contributed by atoms with Gasteiger partial charge < -0.3 is 9.64 Å². The molecule has 1 aromatic carbocycles. The average Bonchev–Trinajstić information content (AvgIpc) is 2.81. The third-order valence-electron chi connectivity index (χ3n) is 5.51. The second-order valence-corrected chi connectivity index (χ2v) is 9.18. The van der Waals surface area contributed by atoms with Gasteiger partial charge in [0.1, 0.15) is 5.82 Å². The largest absolute Gasteiger partial charge is 0.462 e. The van der Waals surface area contributed by atoms with Crippen molar-refractivity contribution in [2.45, 2.75) is 52.4 Å². The molecule has 6 heteroatoms. The molecule has 1 fully saturated rings. The molecule has 2 rings (SSSR count). The maximum Gasteiger partial charge on any atom is 0.339 e. The Morgan fingerprint density at radius 2 is 1.81 bits per heavy atom. The number of piperazine rings is 1. The number of carbonyl (C=O) groups is 1. The molecule has 1 saturated heterocycles. The number of allylic oxidation sites excluding steroid dienone is 2. The topological polar surface area (TPSA) is 45.1 Å². The normalized spacial score (nSPS) is 17.6. The Hall–Kier alpha value is -2.18. The Bertz CT molecular complexity index is 848. The molecule has 31 heavy (non-hydrogen) atoms. The summed E-state index contributed by atoms with van der Waals surface area (Å²) in [5.74, 6) is 5.08. The summed E-state index contributed by atoms with van der Waals surface area (Å²) < 4.78 is 7.57. The number of esters is 1. The quantitative estimate of drug-likeness (QED) is 0.232. The van der Waals surface area contributed by atoms with Crippen molar-refractivity contribution in [2.24, 2.45) is 4.99 Å². The second-order valence-electron chi connectivity index (χ2n) is 7.46. The van der Waals surface area contributed by atoms with Crippen molar-refractivity contribution in [1.82, 2.24) is 9.21 Å². The van der Waals surface area contributed by atoms with E-state index in [4.69, 9.17) is 9.73 Å². The number of nitrogens with zero attached hydrogens (tertiary/aromatic N) is 3. The molecule has 1 aromatic rings. The van der Waals surface area contributed by atoms with Crippen molar-refractivity contribution in [2.75, 3.05) is 32.8 Å². The molecule has 170 valence electrons. The smallest absolute Gasteiger partial charge is 0.339 e. The van der Waals surface area contributed by atoms with Gasteiger partial charge >= 0.3 is 5.97 Å². The molecule has 0 aromatic heterocycles. The lowest BCUT2D eigenvalue weighted by molar-refractivity contribution is -0.137. The van der Waals surface area contributed by atoms with E-state index in [1.54, 1.807) is 12.3 Å². The van der Waals surface area contributed by atoms with Crippen LogP contribution in [0.3, 0.4) is 0 Å². The third-order valence-corrected chi connectivity index (χ3v) is 7.32. The van der Waals surface area contributed by atoms with Gasteiger partial charge in [-0.2, -0.15) is 0 Å². The minimum absolute atomic E-state index is 0.160. The van der Waals surface area contributed by atoms with Crippen molar-refractivity contribution in [1.29, 1.82) is 0 Å². The minimum atomic E-state index is -0.331. The lowest BCUT2D eigenvalue weighted by atomic mass is 10.2. The van der Waals surface area contributed by atoms with Crippen molar-refractivity contribution in [3.8, 4) is 0 Å². The Morgan fingerprint density at radius 3 is 2.32 bits per heavy atom. The fraction of sp³-hybridized carbons (Fsp3) is 0.480. The van der Waals surface area contributed by atoms with E-state index in [1.807, 2.05) is 13.8 Å². The molecule has 1 heterocycles. The van der Waals surface area contributed by atoms with Crippen molar-refractivity contribution < 1.29 is 9.53 Å². The predicted octanol–water partition coefficient (Wildman–Crippen LogP) is 5.06. The van der Waals surface area contributed by atoms with Crippen LogP contribution < -0.4 is 0 Å². The molecule has 0 bridgehead atoms. The van der Waals surface area contributed by atoms with Crippen molar-refractivity contribution >= 4 is 28.7 Å². The van der Waals surface area contributed by atoms with E-state index in [0.29, 0.717) is 12.2 Å². The molecule has 0 amide bonds. The van der Waals surface area contributed by atoms with Gasteiger partial charge in [-0.05, 0) is 56.9 Å². The number of ether oxygens (including phenoxy) is 1. The maximum atomic E-state index is 12.1. The van der Waals surface area contributed by atoms with E-state index in [9.17, 15) is 4.79 Å². The van der Waals surface area contributed by atoms with Gasteiger partial charge in [0.2, 0.25) is 0 Å². The highest BCUT2D eigenvalue weighted by Gasteiger charge is 2.21. The first-order chi connectivity index (χ1) is 14.9. The highest BCUT2D eigenvalue weighted by molar-refractivity contribution is 8.12. The van der Waals surface area contributed by atoms with E-state index < -0.39 is 0 Å². The van der Waals surface area contributed by atoms with Gasteiger partial charge in [0.25, 0.3) is 0 Å². The van der Waals surface area contributed by atoms with Gasteiger partial charge in [-0.3, -0.25) is 0 Å². The van der Waals surface area contributed by atoms with E-state index in [2.05, 4.69) is 60.1 Å². The summed E-state index contributed by atoms with van der Waals surface area (Å²) >= 11 is 0.